The highest BCUT2D eigenvalue weighted by Crippen LogP contribution is 2.29. The van der Waals surface area contributed by atoms with Crippen LogP contribution >= 0.6 is 0 Å². The van der Waals surface area contributed by atoms with Crippen LogP contribution in [0.4, 0.5) is 0 Å². The molecule has 0 N–H and O–H groups in total. The minimum absolute atomic E-state index is 1.02. The molecule has 0 aliphatic carbocycles. The average molecular weight is 177 g/mol. The van der Waals surface area contributed by atoms with Gasteiger partial charge in [0.15, 0.2) is 0 Å². The molecule has 0 aromatic heterocycles. The molecule has 1 rings (SSSR count). The van der Waals surface area contributed by atoms with Crippen molar-refractivity contribution < 1.29 is 4.74 Å². The van der Waals surface area contributed by atoms with E-state index in [4.69, 9.17) is 4.74 Å². The van der Waals surface area contributed by atoms with E-state index in [0.29, 0.717) is 0 Å². The number of hydrogen-bond acceptors (Lipinski definition) is 1. The molecular weight excluding hydrogens is 160 g/mol. The van der Waals surface area contributed by atoms with Crippen LogP contribution in [0.15, 0.2) is 18.2 Å². The maximum absolute atomic E-state index is 5.41. The van der Waals surface area contributed by atoms with Gasteiger partial charge in [0.05, 0.1) is 7.11 Å². The Bertz CT molecular complexity index is 276. The third-order valence-corrected chi connectivity index (χ3v) is 2.22. The maximum atomic E-state index is 5.41. The van der Waals surface area contributed by atoms with Crippen LogP contribution in [0.25, 0.3) is 0 Å². The van der Waals surface area contributed by atoms with Gasteiger partial charge in [0.1, 0.15) is 5.75 Å². The first kappa shape index (κ1) is 10.1. The van der Waals surface area contributed by atoms with E-state index in [1.54, 1.807) is 7.11 Å². The summed E-state index contributed by atoms with van der Waals surface area (Å²) in [6.45, 7) is 6.36. The summed E-state index contributed by atoms with van der Waals surface area (Å²) in [6.07, 6.45) is 1.02. The minimum Gasteiger partial charge on any atom is -0.496 e. The van der Waals surface area contributed by atoms with E-state index in [1.807, 2.05) is 0 Å². The van der Waals surface area contributed by atoms with Crippen molar-refractivity contribution in [2.75, 3.05) is 7.11 Å². The SMILES string of the molecule is CCc1cccc([C](C)C)c1OC. The van der Waals surface area contributed by atoms with Crippen molar-refractivity contribution >= 4 is 0 Å². The Balaban J connectivity index is 3.19. The Morgan fingerprint density at radius 1 is 1.31 bits per heavy atom. The summed E-state index contributed by atoms with van der Waals surface area (Å²) in [5, 5.41) is 0. The zero-order valence-corrected chi connectivity index (χ0v) is 8.85. The van der Waals surface area contributed by atoms with Gasteiger partial charge in [-0.25, -0.2) is 0 Å². The predicted molar refractivity (Wildman–Crippen MR) is 56.1 cm³/mol. The lowest BCUT2D eigenvalue weighted by molar-refractivity contribution is 0.406. The fourth-order valence-corrected chi connectivity index (χ4v) is 1.50. The van der Waals surface area contributed by atoms with Crippen molar-refractivity contribution in [2.45, 2.75) is 27.2 Å². The summed E-state index contributed by atoms with van der Waals surface area (Å²) < 4.78 is 5.41. The second-order valence-electron chi connectivity index (χ2n) is 3.35. The summed E-state index contributed by atoms with van der Waals surface area (Å²) in [7, 11) is 1.74. The third kappa shape index (κ3) is 2.03. The molecule has 1 heteroatoms. The Hall–Kier alpha value is -0.980. The van der Waals surface area contributed by atoms with Gasteiger partial charge in [0.25, 0.3) is 0 Å². The standard InChI is InChI=1S/C12H17O/c1-5-10-7-6-8-11(9(2)3)12(10)13-4/h6-8H,5H2,1-4H3. The van der Waals surface area contributed by atoms with Crippen LogP contribution in [-0.2, 0) is 6.42 Å². The molecular formula is C12H17O. The number of hydrogen-bond donors (Lipinski definition) is 0. The molecule has 1 aromatic carbocycles. The Morgan fingerprint density at radius 2 is 2.00 bits per heavy atom. The van der Waals surface area contributed by atoms with E-state index in [9.17, 15) is 0 Å². The van der Waals surface area contributed by atoms with Crippen LogP contribution in [0.3, 0.4) is 0 Å². The lowest BCUT2D eigenvalue weighted by Gasteiger charge is -2.14. The summed E-state index contributed by atoms with van der Waals surface area (Å²) in [5.41, 5.74) is 2.50. The van der Waals surface area contributed by atoms with E-state index in [-0.39, 0.29) is 0 Å². The van der Waals surface area contributed by atoms with Gasteiger partial charge in [-0.15, -0.1) is 0 Å². The van der Waals surface area contributed by atoms with E-state index >= 15 is 0 Å². The molecule has 0 unspecified atom stereocenters. The molecule has 0 spiro atoms. The van der Waals surface area contributed by atoms with Crippen molar-refractivity contribution in [3.63, 3.8) is 0 Å². The molecule has 1 nitrogen and oxygen atoms in total. The normalized spacial score (nSPS) is 10.5. The second kappa shape index (κ2) is 4.31. The Labute approximate surface area is 80.7 Å². The van der Waals surface area contributed by atoms with Crippen molar-refractivity contribution in [3.05, 3.63) is 35.2 Å². The summed E-state index contributed by atoms with van der Waals surface area (Å²) >= 11 is 0. The molecule has 0 saturated carbocycles. The van der Waals surface area contributed by atoms with Crippen molar-refractivity contribution in [2.24, 2.45) is 0 Å². The number of aryl methyl sites for hydroxylation is 1. The van der Waals surface area contributed by atoms with Gasteiger partial charge in [-0.2, -0.15) is 0 Å². The molecule has 1 aromatic rings. The molecule has 0 fully saturated rings. The van der Waals surface area contributed by atoms with Crippen molar-refractivity contribution in [3.8, 4) is 5.75 Å². The quantitative estimate of drug-likeness (QED) is 0.688. The van der Waals surface area contributed by atoms with Crippen LogP contribution in [0.5, 0.6) is 5.75 Å². The Morgan fingerprint density at radius 3 is 2.46 bits per heavy atom. The van der Waals surface area contributed by atoms with Gasteiger partial charge >= 0.3 is 0 Å². The van der Waals surface area contributed by atoms with Gasteiger partial charge in [-0.3, -0.25) is 0 Å². The third-order valence-electron chi connectivity index (χ3n) is 2.22. The summed E-state index contributed by atoms with van der Waals surface area (Å²) in [4.78, 5) is 0. The minimum atomic E-state index is 1.02. The number of ether oxygens (including phenoxy) is 1. The zero-order valence-electron chi connectivity index (χ0n) is 8.85. The smallest absolute Gasteiger partial charge is 0.125 e. The maximum Gasteiger partial charge on any atom is 0.125 e. The molecule has 0 saturated heterocycles. The molecule has 1 radical (unpaired) electrons. The predicted octanol–water partition coefficient (Wildman–Crippen LogP) is 3.22. The number of rotatable bonds is 3. The van der Waals surface area contributed by atoms with Crippen LogP contribution in [0.1, 0.15) is 31.9 Å². The average Bonchev–Trinajstić information content (AvgIpc) is 2.16. The highest BCUT2D eigenvalue weighted by atomic mass is 16.5. The van der Waals surface area contributed by atoms with Crippen molar-refractivity contribution in [1.29, 1.82) is 0 Å². The van der Waals surface area contributed by atoms with E-state index < -0.39 is 0 Å². The first-order valence-electron chi connectivity index (χ1n) is 4.67. The van der Waals surface area contributed by atoms with Crippen LogP contribution in [0, 0.1) is 5.92 Å². The molecule has 0 atom stereocenters. The number of methoxy groups -OCH3 is 1. The molecule has 0 bridgehead atoms. The highest BCUT2D eigenvalue weighted by Gasteiger charge is 2.10. The molecule has 13 heavy (non-hydrogen) atoms. The molecule has 0 amide bonds. The van der Waals surface area contributed by atoms with Gasteiger partial charge in [0.2, 0.25) is 0 Å². The Kier molecular flexibility index (Phi) is 3.35. The van der Waals surface area contributed by atoms with Crippen LogP contribution in [0.2, 0.25) is 0 Å². The van der Waals surface area contributed by atoms with Gasteiger partial charge in [-0.1, -0.05) is 39.0 Å². The van der Waals surface area contributed by atoms with E-state index in [2.05, 4.69) is 39.0 Å². The molecule has 0 heterocycles. The first-order chi connectivity index (χ1) is 6.20. The van der Waals surface area contributed by atoms with E-state index in [0.717, 1.165) is 12.2 Å². The first-order valence-corrected chi connectivity index (χ1v) is 4.67. The lowest BCUT2D eigenvalue weighted by atomic mass is 9.98. The molecule has 0 aliphatic rings. The lowest BCUT2D eigenvalue weighted by Crippen LogP contribution is -1.98. The van der Waals surface area contributed by atoms with Gasteiger partial charge < -0.3 is 4.74 Å². The van der Waals surface area contributed by atoms with Crippen LogP contribution < -0.4 is 4.74 Å². The van der Waals surface area contributed by atoms with E-state index in [1.165, 1.54) is 17.0 Å². The second-order valence-corrected chi connectivity index (χ2v) is 3.35. The van der Waals surface area contributed by atoms with Gasteiger partial charge in [-0.05, 0) is 12.0 Å². The molecule has 0 aliphatic heterocycles. The largest absolute Gasteiger partial charge is 0.496 e. The fourth-order valence-electron chi connectivity index (χ4n) is 1.50. The van der Waals surface area contributed by atoms with Crippen LogP contribution in [-0.4, -0.2) is 7.11 Å². The number of benzene rings is 1. The molecule has 71 valence electrons. The topological polar surface area (TPSA) is 9.23 Å². The van der Waals surface area contributed by atoms with Crippen molar-refractivity contribution in [1.82, 2.24) is 0 Å². The number of para-hydroxylation sites is 1. The summed E-state index contributed by atoms with van der Waals surface area (Å²) in [5.74, 6) is 2.33. The zero-order chi connectivity index (χ0) is 9.84. The monoisotopic (exact) mass is 177 g/mol. The van der Waals surface area contributed by atoms with Gasteiger partial charge in [0, 0.05) is 11.5 Å². The summed E-state index contributed by atoms with van der Waals surface area (Å²) in [6, 6.07) is 6.31. The highest BCUT2D eigenvalue weighted by molar-refractivity contribution is 5.47. The fraction of sp³-hybridized carbons (Fsp3) is 0.417.